The van der Waals surface area contributed by atoms with Gasteiger partial charge in [0.05, 0.1) is 23.4 Å². The van der Waals surface area contributed by atoms with Crippen molar-refractivity contribution in [3.8, 4) is 5.75 Å². The highest BCUT2D eigenvalue weighted by molar-refractivity contribution is 6.33. The van der Waals surface area contributed by atoms with Crippen LogP contribution in [0, 0.1) is 0 Å². The average Bonchev–Trinajstić information content (AvgIpc) is 2.52. The van der Waals surface area contributed by atoms with Gasteiger partial charge in [0.1, 0.15) is 0 Å². The summed E-state index contributed by atoms with van der Waals surface area (Å²) in [6, 6.07) is 2.80. The number of morpholine rings is 1. The van der Waals surface area contributed by atoms with Gasteiger partial charge in [-0.3, -0.25) is 4.79 Å². The average molecular weight is 355 g/mol. The molecule has 0 radical (unpaired) electrons. The first kappa shape index (κ1) is 16.8. The van der Waals surface area contributed by atoms with Crippen molar-refractivity contribution in [2.45, 2.75) is 6.10 Å². The Hall–Kier alpha value is -2.03. The molecular formula is C15H19ClN4O4. The Kier molecular flexibility index (Phi) is 5.08. The third-order valence-electron chi connectivity index (χ3n) is 3.76. The highest BCUT2D eigenvalue weighted by Crippen LogP contribution is 2.38. The fourth-order valence-electron chi connectivity index (χ4n) is 2.60. The molecule has 0 spiro atoms. The largest absolute Gasteiger partial charge is 0.480 e. The molecule has 3 N–H and O–H groups in total. The maximum absolute atomic E-state index is 12.0. The lowest BCUT2D eigenvalue weighted by Gasteiger charge is -2.30. The SMILES string of the molecule is CN1CCO[C@H](CNC(=O)Nc2cc(Cl)c3c(c2)NC(=O)CO3)C1. The predicted molar refractivity (Wildman–Crippen MR) is 89.8 cm³/mol. The van der Waals surface area contributed by atoms with Gasteiger partial charge in [0.2, 0.25) is 0 Å². The summed E-state index contributed by atoms with van der Waals surface area (Å²) in [6.45, 7) is 2.66. The van der Waals surface area contributed by atoms with E-state index >= 15 is 0 Å². The topological polar surface area (TPSA) is 91.9 Å². The molecule has 1 aromatic carbocycles. The standard InChI is InChI=1S/C15H19ClN4O4/c1-20-2-3-23-10(7-20)6-17-15(22)18-9-4-11(16)14-12(5-9)19-13(21)8-24-14/h4-5,10H,2-3,6-8H2,1H3,(H,19,21)(H2,17,18,22)/t10-/m1/s1. The zero-order valence-electron chi connectivity index (χ0n) is 13.2. The molecule has 24 heavy (non-hydrogen) atoms. The van der Waals surface area contributed by atoms with Crippen molar-refractivity contribution >= 4 is 34.9 Å². The van der Waals surface area contributed by atoms with E-state index in [1.807, 2.05) is 7.05 Å². The lowest BCUT2D eigenvalue weighted by Crippen LogP contribution is -2.46. The maximum atomic E-state index is 12.0. The molecule has 0 aromatic heterocycles. The molecule has 3 amide bonds. The van der Waals surface area contributed by atoms with Crippen LogP contribution in [0.3, 0.4) is 0 Å². The fourth-order valence-corrected chi connectivity index (χ4v) is 2.88. The van der Waals surface area contributed by atoms with Crippen molar-refractivity contribution in [3.05, 3.63) is 17.2 Å². The van der Waals surface area contributed by atoms with E-state index in [1.54, 1.807) is 12.1 Å². The van der Waals surface area contributed by atoms with Crippen molar-refractivity contribution in [2.75, 3.05) is 50.5 Å². The Morgan fingerprint density at radius 3 is 3.12 bits per heavy atom. The summed E-state index contributed by atoms with van der Waals surface area (Å²) in [7, 11) is 2.01. The number of nitrogens with zero attached hydrogens (tertiary/aromatic N) is 1. The van der Waals surface area contributed by atoms with Crippen LogP contribution in [0.4, 0.5) is 16.2 Å². The third-order valence-corrected chi connectivity index (χ3v) is 4.04. The number of nitrogens with one attached hydrogen (secondary N) is 3. The smallest absolute Gasteiger partial charge is 0.319 e. The minimum absolute atomic E-state index is 0.0330. The summed E-state index contributed by atoms with van der Waals surface area (Å²) in [6.07, 6.45) is -0.0330. The molecule has 8 nitrogen and oxygen atoms in total. The summed E-state index contributed by atoms with van der Waals surface area (Å²) < 4.78 is 10.9. The van der Waals surface area contributed by atoms with E-state index in [4.69, 9.17) is 21.1 Å². The van der Waals surface area contributed by atoms with Gasteiger partial charge in [-0.1, -0.05) is 11.6 Å². The van der Waals surface area contributed by atoms with Gasteiger partial charge in [-0.25, -0.2) is 4.79 Å². The van der Waals surface area contributed by atoms with Gasteiger partial charge in [0.25, 0.3) is 5.91 Å². The van der Waals surface area contributed by atoms with Gasteiger partial charge in [-0.2, -0.15) is 0 Å². The summed E-state index contributed by atoms with van der Waals surface area (Å²) in [4.78, 5) is 25.6. The highest BCUT2D eigenvalue weighted by atomic mass is 35.5. The van der Waals surface area contributed by atoms with Crippen LogP contribution in [0.2, 0.25) is 5.02 Å². The maximum Gasteiger partial charge on any atom is 0.319 e. The summed E-state index contributed by atoms with van der Waals surface area (Å²) in [5, 5.41) is 8.43. The van der Waals surface area contributed by atoms with Crippen LogP contribution < -0.4 is 20.7 Å². The van der Waals surface area contributed by atoms with Gasteiger partial charge in [0, 0.05) is 25.3 Å². The Bertz CT molecular complexity index is 655. The van der Waals surface area contributed by atoms with E-state index in [-0.39, 0.29) is 24.6 Å². The normalized spacial score (nSPS) is 20.6. The Balaban J connectivity index is 1.57. The first-order chi connectivity index (χ1) is 11.5. The molecule has 1 fully saturated rings. The first-order valence-electron chi connectivity index (χ1n) is 7.62. The van der Waals surface area contributed by atoms with E-state index in [1.165, 1.54) is 0 Å². The van der Waals surface area contributed by atoms with Crippen LogP contribution in [0.15, 0.2) is 12.1 Å². The molecule has 0 bridgehead atoms. The number of hydrogen-bond acceptors (Lipinski definition) is 5. The Morgan fingerprint density at radius 1 is 1.50 bits per heavy atom. The van der Waals surface area contributed by atoms with E-state index in [0.29, 0.717) is 35.3 Å². The molecule has 0 aliphatic carbocycles. The minimum Gasteiger partial charge on any atom is -0.480 e. The van der Waals surface area contributed by atoms with Gasteiger partial charge >= 0.3 is 6.03 Å². The van der Waals surface area contributed by atoms with Crippen molar-refractivity contribution < 1.29 is 19.1 Å². The zero-order valence-corrected chi connectivity index (χ0v) is 14.0. The number of urea groups is 1. The van der Waals surface area contributed by atoms with Crippen LogP contribution in [-0.2, 0) is 9.53 Å². The number of hydrogen-bond donors (Lipinski definition) is 3. The fraction of sp³-hybridized carbons (Fsp3) is 0.467. The van der Waals surface area contributed by atoms with Crippen LogP contribution in [0.25, 0.3) is 0 Å². The van der Waals surface area contributed by atoms with Crippen LogP contribution >= 0.6 is 11.6 Å². The number of benzene rings is 1. The van der Waals surface area contributed by atoms with Gasteiger partial charge < -0.3 is 30.3 Å². The van der Waals surface area contributed by atoms with Crippen molar-refractivity contribution in [1.29, 1.82) is 0 Å². The number of rotatable bonds is 3. The molecule has 0 saturated carbocycles. The molecule has 9 heteroatoms. The number of fused-ring (bicyclic) bond motifs is 1. The third kappa shape index (κ3) is 4.08. The second-order valence-corrected chi connectivity index (χ2v) is 6.17. The molecule has 1 saturated heterocycles. The minimum atomic E-state index is -0.370. The Morgan fingerprint density at radius 2 is 2.33 bits per heavy atom. The number of halogens is 1. The number of likely N-dealkylation sites (N-methyl/N-ethyl adjacent to an activating group) is 1. The van der Waals surface area contributed by atoms with E-state index in [9.17, 15) is 9.59 Å². The molecule has 130 valence electrons. The van der Waals surface area contributed by atoms with Crippen LogP contribution in [-0.4, -0.2) is 62.8 Å². The van der Waals surface area contributed by atoms with Crippen LogP contribution in [0.1, 0.15) is 0 Å². The van der Waals surface area contributed by atoms with E-state index < -0.39 is 0 Å². The molecule has 3 rings (SSSR count). The predicted octanol–water partition coefficient (Wildman–Crippen LogP) is 1.12. The monoisotopic (exact) mass is 354 g/mol. The molecular weight excluding hydrogens is 336 g/mol. The summed E-state index contributed by atoms with van der Waals surface area (Å²) in [5.74, 6) is 0.139. The van der Waals surface area contributed by atoms with Crippen molar-refractivity contribution in [1.82, 2.24) is 10.2 Å². The number of carbonyl (C=O) groups excluding carboxylic acids is 2. The molecule has 1 atom stereocenters. The van der Waals surface area contributed by atoms with Gasteiger partial charge in [-0.15, -0.1) is 0 Å². The molecule has 2 aliphatic rings. The van der Waals surface area contributed by atoms with E-state index in [2.05, 4.69) is 20.9 Å². The first-order valence-corrected chi connectivity index (χ1v) is 8.00. The van der Waals surface area contributed by atoms with Gasteiger partial charge in [-0.05, 0) is 19.2 Å². The second kappa shape index (κ2) is 7.25. The van der Waals surface area contributed by atoms with Crippen LogP contribution in [0.5, 0.6) is 5.75 Å². The zero-order chi connectivity index (χ0) is 17.1. The number of carbonyl (C=O) groups is 2. The summed E-state index contributed by atoms with van der Waals surface area (Å²) >= 11 is 6.12. The van der Waals surface area contributed by atoms with Crippen molar-refractivity contribution in [2.24, 2.45) is 0 Å². The molecule has 2 heterocycles. The van der Waals surface area contributed by atoms with Gasteiger partial charge in [0.15, 0.2) is 12.4 Å². The Labute approximate surface area is 144 Å². The molecule has 2 aliphatic heterocycles. The molecule has 1 aromatic rings. The highest BCUT2D eigenvalue weighted by Gasteiger charge is 2.21. The number of ether oxygens (including phenoxy) is 2. The quantitative estimate of drug-likeness (QED) is 0.756. The lowest BCUT2D eigenvalue weighted by molar-refractivity contribution is -0.118. The lowest BCUT2D eigenvalue weighted by atomic mass is 10.2. The number of amides is 3. The number of anilines is 2. The summed E-state index contributed by atoms with van der Waals surface area (Å²) in [5.41, 5.74) is 0.898. The van der Waals surface area contributed by atoms with Crippen molar-refractivity contribution in [3.63, 3.8) is 0 Å². The second-order valence-electron chi connectivity index (χ2n) is 5.76. The van der Waals surface area contributed by atoms with E-state index in [0.717, 1.165) is 13.1 Å². The molecule has 0 unspecified atom stereocenters.